The van der Waals surface area contributed by atoms with Crippen LogP contribution in [0.5, 0.6) is 0 Å². The Kier molecular flexibility index (Phi) is 5.95. The van der Waals surface area contributed by atoms with Gasteiger partial charge < -0.3 is 10.5 Å². The van der Waals surface area contributed by atoms with Crippen LogP contribution in [0.1, 0.15) is 17.9 Å². The minimum absolute atomic E-state index is 0. The highest BCUT2D eigenvalue weighted by molar-refractivity contribution is 8.26. The minimum Gasteiger partial charge on any atom is -0.443 e. The zero-order valence-corrected chi connectivity index (χ0v) is 14.7. The lowest BCUT2D eigenvalue weighted by Crippen LogP contribution is -2.27. The van der Waals surface area contributed by atoms with Gasteiger partial charge in [-0.05, 0) is 18.6 Å². The predicted molar refractivity (Wildman–Crippen MR) is 94.5 cm³/mol. The summed E-state index contributed by atoms with van der Waals surface area (Å²) in [6.07, 6.45) is 0.444. The van der Waals surface area contributed by atoms with E-state index in [1.165, 1.54) is 11.5 Å². The van der Waals surface area contributed by atoms with Crippen molar-refractivity contribution in [1.82, 2.24) is 0 Å². The molecule has 140 valence electrons. The van der Waals surface area contributed by atoms with Crippen molar-refractivity contribution in [1.29, 1.82) is 0 Å². The van der Waals surface area contributed by atoms with Gasteiger partial charge in [-0.15, -0.1) is 12.4 Å². The van der Waals surface area contributed by atoms with E-state index in [1.54, 1.807) is 0 Å². The first-order valence-corrected chi connectivity index (χ1v) is 9.20. The minimum atomic E-state index is -2.79. The molecule has 1 amide bonds. The van der Waals surface area contributed by atoms with Crippen LogP contribution in [0.25, 0.3) is 0 Å². The second-order valence-electron chi connectivity index (χ2n) is 5.82. The average molecular weight is 397 g/mol. The van der Waals surface area contributed by atoms with Crippen molar-refractivity contribution in [3.8, 4) is 0 Å². The molecule has 6 nitrogen and oxygen atoms in total. The molecule has 4 N–H and O–H groups in total. The van der Waals surface area contributed by atoms with E-state index in [4.69, 9.17) is 10.5 Å². The third-order valence-electron chi connectivity index (χ3n) is 4.14. The fraction of sp³-hybridized carbons (Fsp3) is 0.400. The third kappa shape index (κ3) is 4.06. The molecule has 0 aliphatic carbocycles. The number of cyclic esters (lactones) is 1. The molecule has 0 spiro atoms. The average Bonchev–Trinajstić information content (AvgIpc) is 2.89. The lowest BCUT2D eigenvalue weighted by atomic mass is 9.95. The Morgan fingerprint density at radius 1 is 1.32 bits per heavy atom. The quantitative estimate of drug-likeness (QED) is 0.727. The molecule has 1 fully saturated rings. The number of hydrogen-bond donors (Lipinski definition) is 3. The van der Waals surface area contributed by atoms with Crippen LogP contribution >= 0.6 is 23.0 Å². The normalized spacial score (nSPS) is 26.1. The van der Waals surface area contributed by atoms with Crippen molar-refractivity contribution in [3.05, 3.63) is 40.8 Å². The van der Waals surface area contributed by atoms with Gasteiger partial charge in [0.2, 0.25) is 0 Å². The summed E-state index contributed by atoms with van der Waals surface area (Å²) < 4.78 is 53.0. The number of carbonyl (C=O) groups is 1. The summed E-state index contributed by atoms with van der Waals surface area (Å²) in [5.74, 6) is -2.10. The summed E-state index contributed by atoms with van der Waals surface area (Å²) in [5, 5.41) is 1.21. The molecular weight excluding hydrogens is 378 g/mol. The van der Waals surface area contributed by atoms with Crippen LogP contribution in [0.15, 0.2) is 23.6 Å². The highest BCUT2D eigenvalue weighted by Crippen LogP contribution is 2.48. The van der Waals surface area contributed by atoms with Crippen molar-refractivity contribution in [3.63, 3.8) is 0 Å². The lowest BCUT2D eigenvalue weighted by Gasteiger charge is -2.34. The first kappa shape index (κ1) is 19.9. The summed E-state index contributed by atoms with van der Waals surface area (Å²) in [6, 6.07) is 2.16. The molecule has 1 aromatic rings. The summed E-state index contributed by atoms with van der Waals surface area (Å²) in [6.45, 7) is 0.266. The lowest BCUT2D eigenvalue weighted by molar-refractivity contribution is 0.145. The zero-order valence-electron chi connectivity index (χ0n) is 13.1. The van der Waals surface area contributed by atoms with Crippen LogP contribution < -0.4 is 10.6 Å². The van der Waals surface area contributed by atoms with E-state index in [-0.39, 0.29) is 48.9 Å². The van der Waals surface area contributed by atoms with Crippen molar-refractivity contribution < 1.29 is 27.4 Å². The molecule has 0 radical (unpaired) electrons. The number of carbonyl (C=O) groups excluding carboxylic acids is 1. The van der Waals surface area contributed by atoms with Gasteiger partial charge in [0.25, 0.3) is 0 Å². The monoisotopic (exact) mass is 396 g/mol. The number of nitrogens with two attached hydrogens (primary N) is 1. The van der Waals surface area contributed by atoms with Crippen LogP contribution in [0.3, 0.4) is 0 Å². The van der Waals surface area contributed by atoms with E-state index >= 15 is 0 Å². The first-order valence-electron chi connectivity index (χ1n) is 7.42. The molecular formula is C15H19ClF2N2O4S. The number of hydrogen-bond acceptors (Lipinski definition) is 5. The van der Waals surface area contributed by atoms with Gasteiger partial charge in [0.05, 0.1) is 12.2 Å². The molecule has 2 heterocycles. The number of benzene rings is 1. The van der Waals surface area contributed by atoms with Crippen molar-refractivity contribution in [2.45, 2.75) is 18.4 Å². The number of anilines is 1. The third-order valence-corrected chi connectivity index (χ3v) is 5.57. The van der Waals surface area contributed by atoms with Gasteiger partial charge in [0, 0.05) is 29.2 Å². The van der Waals surface area contributed by atoms with E-state index in [0.717, 1.165) is 17.0 Å². The Morgan fingerprint density at radius 2 is 1.96 bits per heavy atom. The highest BCUT2D eigenvalue weighted by atomic mass is 35.5. The Labute approximate surface area is 151 Å². The summed E-state index contributed by atoms with van der Waals surface area (Å²) in [4.78, 5) is 12.9. The van der Waals surface area contributed by atoms with Gasteiger partial charge in [0.15, 0.2) is 0 Å². The predicted octanol–water partition coefficient (Wildman–Crippen LogP) is 3.42. The SMILES string of the molecule is Cl.NC[C@H]1CN(c2cc(F)c(C3C=CS(O)(O)CC3)c(F)c2)C(=O)O1. The van der Waals surface area contributed by atoms with Gasteiger partial charge in [-0.1, -0.05) is 6.08 Å². The van der Waals surface area contributed by atoms with Gasteiger partial charge in [-0.25, -0.2) is 13.6 Å². The maximum absolute atomic E-state index is 14.5. The first-order chi connectivity index (χ1) is 11.3. The summed E-state index contributed by atoms with van der Waals surface area (Å²) >= 11 is 0. The van der Waals surface area contributed by atoms with E-state index in [0.29, 0.717) is 0 Å². The molecule has 2 aliphatic heterocycles. The van der Waals surface area contributed by atoms with Crippen LogP contribution in [0, 0.1) is 11.6 Å². The van der Waals surface area contributed by atoms with Crippen molar-refractivity contribution in [2.75, 3.05) is 23.7 Å². The molecule has 1 saturated heterocycles. The number of allylic oxidation sites excluding steroid dienone is 1. The van der Waals surface area contributed by atoms with Crippen LogP contribution in [-0.4, -0.2) is 40.1 Å². The molecule has 0 aromatic heterocycles. The van der Waals surface area contributed by atoms with Crippen molar-refractivity contribution >= 4 is 34.8 Å². The Hall–Kier alpha value is -1.39. The van der Waals surface area contributed by atoms with Crippen LogP contribution in [0.2, 0.25) is 0 Å². The van der Waals surface area contributed by atoms with Crippen LogP contribution in [-0.2, 0) is 4.74 Å². The summed E-state index contributed by atoms with van der Waals surface area (Å²) in [7, 11) is -2.79. The van der Waals surface area contributed by atoms with Gasteiger partial charge in [-0.3, -0.25) is 14.0 Å². The van der Waals surface area contributed by atoms with Gasteiger partial charge in [0.1, 0.15) is 17.7 Å². The fourth-order valence-corrected chi connectivity index (χ4v) is 4.04. The van der Waals surface area contributed by atoms with Gasteiger partial charge in [-0.2, -0.15) is 10.6 Å². The van der Waals surface area contributed by atoms with Gasteiger partial charge >= 0.3 is 6.09 Å². The van der Waals surface area contributed by atoms with E-state index in [1.807, 2.05) is 0 Å². The Morgan fingerprint density at radius 3 is 2.44 bits per heavy atom. The standard InChI is InChI=1S/C15H18F2N2O4S.ClH/c16-12-5-10(19-8-11(7-18)23-15(19)20)6-13(17)14(12)9-1-3-24(21,22)4-2-9;/h1,3,5-6,9,11,21-22H,2,4,7-8,18H2;1H/t9?,11-;/m0./s1. The highest BCUT2D eigenvalue weighted by Gasteiger charge is 2.33. The number of rotatable bonds is 3. The largest absolute Gasteiger partial charge is 0.443 e. The molecule has 2 atom stereocenters. The van der Waals surface area contributed by atoms with E-state index < -0.39 is 40.3 Å². The van der Waals surface area contributed by atoms with E-state index in [2.05, 4.69) is 0 Å². The van der Waals surface area contributed by atoms with Crippen LogP contribution in [0.4, 0.5) is 19.3 Å². The number of halogens is 3. The second kappa shape index (κ2) is 7.46. The fourth-order valence-electron chi connectivity index (χ4n) is 2.86. The number of amides is 1. The second-order valence-corrected chi connectivity index (χ2v) is 7.94. The molecule has 1 unspecified atom stereocenters. The smallest absolute Gasteiger partial charge is 0.414 e. The topological polar surface area (TPSA) is 96.0 Å². The van der Waals surface area contributed by atoms with E-state index in [9.17, 15) is 22.7 Å². The Balaban J connectivity index is 0.00000225. The number of nitrogens with zero attached hydrogens (tertiary/aromatic N) is 1. The molecule has 10 heteroatoms. The zero-order chi connectivity index (χ0) is 17.5. The Bertz CT molecular complexity index is 681. The molecule has 0 bridgehead atoms. The molecule has 3 rings (SSSR count). The molecule has 2 aliphatic rings. The maximum Gasteiger partial charge on any atom is 0.414 e. The summed E-state index contributed by atoms with van der Waals surface area (Å²) in [5.41, 5.74) is 5.36. The molecule has 1 aromatic carbocycles. The van der Waals surface area contributed by atoms with Crippen molar-refractivity contribution in [2.24, 2.45) is 5.73 Å². The molecule has 25 heavy (non-hydrogen) atoms. The molecule has 0 saturated carbocycles. The number of ether oxygens (including phenoxy) is 1. The maximum atomic E-state index is 14.5.